The van der Waals surface area contributed by atoms with Crippen LogP contribution in [0.25, 0.3) is 0 Å². The van der Waals surface area contributed by atoms with Crippen molar-refractivity contribution >= 4 is 17.4 Å². The summed E-state index contributed by atoms with van der Waals surface area (Å²) in [5.74, 6) is 0.155. The van der Waals surface area contributed by atoms with E-state index in [1.807, 2.05) is 12.1 Å². The van der Waals surface area contributed by atoms with Gasteiger partial charge in [-0.15, -0.1) is 0 Å². The van der Waals surface area contributed by atoms with Crippen LogP contribution in [0.15, 0.2) is 36.8 Å². The quantitative estimate of drug-likeness (QED) is 0.747. The minimum atomic E-state index is 0.155. The summed E-state index contributed by atoms with van der Waals surface area (Å²) in [7, 11) is 0. The molecule has 0 aliphatic carbocycles. The van der Waals surface area contributed by atoms with Crippen molar-refractivity contribution in [2.45, 2.75) is 39.0 Å². The molecule has 2 heterocycles. The number of likely N-dealkylation sites (tertiary alicyclic amines) is 1. The molecule has 5 heteroatoms. The Kier molecular flexibility index (Phi) is 5.92. The van der Waals surface area contributed by atoms with E-state index in [0.29, 0.717) is 17.5 Å². The summed E-state index contributed by atoms with van der Waals surface area (Å²) in [5, 5.41) is 0.799. The zero-order chi connectivity index (χ0) is 17.7. The first kappa shape index (κ1) is 18.2. The van der Waals surface area contributed by atoms with Crippen molar-refractivity contribution in [3.05, 3.63) is 53.1 Å². The number of H-pyrrole nitrogens is 1. The predicted octanol–water partition coefficient (Wildman–Crippen LogP) is 4.37. The number of ketones is 1. The summed E-state index contributed by atoms with van der Waals surface area (Å²) in [6, 6.07) is 8.24. The van der Waals surface area contributed by atoms with Crippen molar-refractivity contribution in [3.63, 3.8) is 0 Å². The van der Waals surface area contributed by atoms with Gasteiger partial charge in [-0.3, -0.25) is 4.79 Å². The molecule has 1 fully saturated rings. The molecule has 1 aliphatic heterocycles. The smallest absolute Gasteiger partial charge is 0.180 e. The molecule has 0 amide bonds. The number of nitrogens with zero attached hydrogens (tertiary/aromatic N) is 2. The Hall–Kier alpha value is -1.65. The Balaban J connectivity index is 1.40. The Morgan fingerprint density at radius 1 is 1.28 bits per heavy atom. The van der Waals surface area contributed by atoms with Crippen LogP contribution in [-0.4, -0.2) is 40.3 Å². The lowest BCUT2D eigenvalue weighted by molar-refractivity contribution is 0.0946. The van der Waals surface area contributed by atoms with Gasteiger partial charge in [-0.2, -0.15) is 0 Å². The highest BCUT2D eigenvalue weighted by atomic mass is 35.5. The Bertz CT molecular complexity index is 673. The van der Waals surface area contributed by atoms with Crippen molar-refractivity contribution in [3.8, 4) is 0 Å². The number of halogens is 1. The van der Waals surface area contributed by atoms with E-state index in [-0.39, 0.29) is 5.78 Å². The van der Waals surface area contributed by atoms with Gasteiger partial charge in [0.15, 0.2) is 5.78 Å². The number of carbonyl (C=O) groups is 1. The van der Waals surface area contributed by atoms with Gasteiger partial charge in [0.25, 0.3) is 0 Å². The average molecular weight is 360 g/mol. The number of nitrogens with one attached hydrogen (secondary N) is 1. The Morgan fingerprint density at radius 3 is 2.64 bits per heavy atom. The molecule has 3 rings (SSSR count). The largest absolute Gasteiger partial charge is 0.342 e. The van der Waals surface area contributed by atoms with E-state index >= 15 is 0 Å². The molecule has 1 N–H and O–H groups in total. The third kappa shape index (κ3) is 5.16. The summed E-state index contributed by atoms with van der Waals surface area (Å²) in [6.45, 7) is 5.61. The number of piperidine rings is 1. The van der Waals surface area contributed by atoms with E-state index in [1.54, 1.807) is 12.5 Å². The van der Waals surface area contributed by atoms with Crippen molar-refractivity contribution in [1.29, 1.82) is 0 Å². The molecule has 0 unspecified atom stereocenters. The molecular formula is C20H26ClN3O. The lowest BCUT2D eigenvalue weighted by atomic mass is 9.75. The van der Waals surface area contributed by atoms with Crippen LogP contribution >= 0.6 is 11.6 Å². The van der Waals surface area contributed by atoms with Crippen LogP contribution in [0.2, 0.25) is 5.02 Å². The third-order valence-corrected chi connectivity index (χ3v) is 5.54. The number of benzene rings is 1. The van der Waals surface area contributed by atoms with Gasteiger partial charge in [0.1, 0.15) is 5.69 Å². The molecule has 134 valence electrons. The maximum atomic E-state index is 12.0. The first-order valence-corrected chi connectivity index (χ1v) is 9.40. The van der Waals surface area contributed by atoms with Crippen LogP contribution in [0.5, 0.6) is 0 Å². The second-order valence-electron chi connectivity index (χ2n) is 7.45. The summed E-state index contributed by atoms with van der Waals surface area (Å²) >= 11 is 5.98. The second-order valence-corrected chi connectivity index (χ2v) is 7.88. The number of aromatic amines is 1. The van der Waals surface area contributed by atoms with E-state index in [9.17, 15) is 4.79 Å². The van der Waals surface area contributed by atoms with Crippen LogP contribution in [0.1, 0.15) is 48.7 Å². The van der Waals surface area contributed by atoms with Crippen LogP contribution in [0.3, 0.4) is 0 Å². The number of rotatable bonds is 7. The highest BCUT2D eigenvalue weighted by Crippen LogP contribution is 2.34. The van der Waals surface area contributed by atoms with E-state index in [0.717, 1.165) is 37.5 Å². The molecule has 4 nitrogen and oxygen atoms in total. The number of hydrogen-bond donors (Lipinski definition) is 1. The summed E-state index contributed by atoms with van der Waals surface area (Å²) < 4.78 is 0. The fourth-order valence-electron chi connectivity index (χ4n) is 3.59. The van der Waals surface area contributed by atoms with Crippen LogP contribution in [-0.2, 0) is 6.42 Å². The van der Waals surface area contributed by atoms with Crippen LogP contribution in [0.4, 0.5) is 0 Å². The lowest BCUT2D eigenvalue weighted by Crippen LogP contribution is -2.40. The van der Waals surface area contributed by atoms with Crippen molar-refractivity contribution < 1.29 is 4.79 Å². The van der Waals surface area contributed by atoms with Gasteiger partial charge in [-0.05, 0) is 68.4 Å². The molecule has 2 aromatic rings. The first-order chi connectivity index (χ1) is 12.0. The zero-order valence-electron chi connectivity index (χ0n) is 14.8. The Labute approximate surface area is 154 Å². The maximum Gasteiger partial charge on any atom is 0.180 e. The third-order valence-electron chi connectivity index (χ3n) is 5.28. The van der Waals surface area contributed by atoms with Gasteiger partial charge in [0.05, 0.1) is 12.5 Å². The predicted molar refractivity (Wildman–Crippen MR) is 101 cm³/mol. The highest BCUT2D eigenvalue weighted by molar-refractivity contribution is 6.30. The second kappa shape index (κ2) is 8.15. The first-order valence-electron chi connectivity index (χ1n) is 9.02. The SMILES string of the molecule is CC1(Cc2ccc(Cl)cc2)CCN(CCCC(=O)c2cnc[nH]2)CC1. The molecule has 0 spiro atoms. The topological polar surface area (TPSA) is 49.0 Å². The molecule has 0 saturated carbocycles. The summed E-state index contributed by atoms with van der Waals surface area (Å²) in [5.41, 5.74) is 2.34. The number of carbonyl (C=O) groups excluding carboxylic acids is 1. The molecule has 1 aromatic carbocycles. The van der Waals surface area contributed by atoms with E-state index in [4.69, 9.17) is 11.6 Å². The number of hydrogen-bond acceptors (Lipinski definition) is 3. The van der Waals surface area contributed by atoms with E-state index in [1.165, 1.54) is 18.4 Å². The minimum Gasteiger partial charge on any atom is -0.342 e. The molecule has 0 atom stereocenters. The molecular weight excluding hydrogens is 334 g/mol. The summed E-state index contributed by atoms with van der Waals surface area (Å²) in [6.07, 6.45) is 8.15. The van der Waals surface area contributed by atoms with E-state index in [2.05, 4.69) is 33.9 Å². The number of imidazole rings is 1. The number of aromatic nitrogens is 2. The monoisotopic (exact) mass is 359 g/mol. The normalized spacial score (nSPS) is 17.5. The van der Waals surface area contributed by atoms with Gasteiger partial charge in [0.2, 0.25) is 0 Å². The van der Waals surface area contributed by atoms with Gasteiger partial charge in [-0.1, -0.05) is 30.7 Å². The fourth-order valence-corrected chi connectivity index (χ4v) is 3.72. The van der Waals surface area contributed by atoms with Gasteiger partial charge in [-0.25, -0.2) is 4.98 Å². The van der Waals surface area contributed by atoms with Crippen molar-refractivity contribution in [1.82, 2.24) is 14.9 Å². The molecule has 1 aromatic heterocycles. The standard InChI is InChI=1S/C20H26ClN3O/c1-20(13-16-4-6-17(21)7-5-16)8-11-24(12-9-20)10-2-3-19(25)18-14-22-15-23-18/h4-7,14-15H,2-3,8-13H2,1H3,(H,22,23). The molecule has 1 aliphatic rings. The zero-order valence-corrected chi connectivity index (χ0v) is 15.6. The van der Waals surface area contributed by atoms with Gasteiger partial charge in [0, 0.05) is 11.4 Å². The fraction of sp³-hybridized carbons (Fsp3) is 0.500. The van der Waals surface area contributed by atoms with Crippen LogP contribution < -0.4 is 0 Å². The van der Waals surface area contributed by atoms with Gasteiger partial charge >= 0.3 is 0 Å². The molecule has 0 bridgehead atoms. The Morgan fingerprint density at radius 2 is 2.00 bits per heavy atom. The maximum absolute atomic E-state index is 12.0. The summed E-state index contributed by atoms with van der Waals surface area (Å²) in [4.78, 5) is 21.3. The van der Waals surface area contributed by atoms with Crippen LogP contribution in [0, 0.1) is 5.41 Å². The van der Waals surface area contributed by atoms with Gasteiger partial charge < -0.3 is 9.88 Å². The molecule has 0 radical (unpaired) electrons. The highest BCUT2D eigenvalue weighted by Gasteiger charge is 2.30. The van der Waals surface area contributed by atoms with Crippen molar-refractivity contribution in [2.24, 2.45) is 5.41 Å². The lowest BCUT2D eigenvalue weighted by Gasteiger charge is -2.39. The van der Waals surface area contributed by atoms with E-state index < -0.39 is 0 Å². The molecule has 1 saturated heterocycles. The minimum absolute atomic E-state index is 0.155. The number of Topliss-reactive ketones (excluding diaryl/α,β-unsaturated/α-hetero) is 1. The molecule has 25 heavy (non-hydrogen) atoms. The van der Waals surface area contributed by atoms with Crippen molar-refractivity contribution in [2.75, 3.05) is 19.6 Å². The average Bonchev–Trinajstić information content (AvgIpc) is 3.13.